The number of thiazole rings is 1. The molecule has 14 heavy (non-hydrogen) atoms. The summed E-state index contributed by atoms with van der Waals surface area (Å²) in [4.78, 5) is 4.28. The second-order valence-corrected chi connectivity index (χ2v) is 5.19. The molecule has 1 aromatic heterocycles. The third kappa shape index (κ3) is 3.76. The molecule has 1 aromatic rings. The fourth-order valence-corrected chi connectivity index (χ4v) is 2.06. The van der Waals surface area contributed by atoms with E-state index >= 15 is 0 Å². The molecule has 2 nitrogen and oxygen atoms in total. The quantitative estimate of drug-likeness (QED) is 0.814. The Labute approximate surface area is 90.0 Å². The SMILES string of the molecule is Cc1nc(C(O)CCCC(C)C)cs1. The predicted molar refractivity (Wildman–Crippen MR) is 60.5 cm³/mol. The Bertz CT molecular complexity index is 270. The van der Waals surface area contributed by atoms with E-state index in [2.05, 4.69) is 18.8 Å². The van der Waals surface area contributed by atoms with Crippen LogP contribution in [0, 0.1) is 12.8 Å². The van der Waals surface area contributed by atoms with Gasteiger partial charge in [0, 0.05) is 5.38 Å². The summed E-state index contributed by atoms with van der Waals surface area (Å²) in [5, 5.41) is 12.8. The molecule has 0 aliphatic heterocycles. The number of aliphatic hydroxyl groups excluding tert-OH is 1. The van der Waals surface area contributed by atoms with Crippen molar-refractivity contribution in [3.8, 4) is 0 Å². The van der Waals surface area contributed by atoms with Gasteiger partial charge in [0.15, 0.2) is 0 Å². The predicted octanol–water partition coefficient (Wildman–Crippen LogP) is 3.31. The molecule has 1 heterocycles. The Morgan fingerprint density at radius 1 is 1.43 bits per heavy atom. The van der Waals surface area contributed by atoms with Crippen LogP contribution >= 0.6 is 11.3 Å². The van der Waals surface area contributed by atoms with Gasteiger partial charge in [-0.1, -0.05) is 26.7 Å². The van der Waals surface area contributed by atoms with E-state index < -0.39 is 0 Å². The smallest absolute Gasteiger partial charge is 0.0968 e. The zero-order valence-corrected chi connectivity index (χ0v) is 9.97. The monoisotopic (exact) mass is 213 g/mol. The molecule has 0 spiro atoms. The lowest BCUT2D eigenvalue weighted by Gasteiger charge is -2.08. The zero-order chi connectivity index (χ0) is 10.6. The zero-order valence-electron chi connectivity index (χ0n) is 9.16. The van der Waals surface area contributed by atoms with Gasteiger partial charge in [-0.2, -0.15) is 0 Å². The second kappa shape index (κ2) is 5.47. The van der Waals surface area contributed by atoms with Crippen LogP contribution in [0.5, 0.6) is 0 Å². The van der Waals surface area contributed by atoms with Gasteiger partial charge in [0.05, 0.1) is 16.8 Å². The molecule has 0 bridgehead atoms. The van der Waals surface area contributed by atoms with Crippen molar-refractivity contribution in [2.75, 3.05) is 0 Å². The molecule has 1 unspecified atom stereocenters. The fourth-order valence-electron chi connectivity index (χ4n) is 1.40. The number of aromatic nitrogens is 1. The van der Waals surface area contributed by atoms with Crippen LogP contribution in [0.2, 0.25) is 0 Å². The number of nitrogens with zero attached hydrogens (tertiary/aromatic N) is 1. The molecule has 0 fully saturated rings. The first-order chi connectivity index (χ1) is 6.59. The Balaban J connectivity index is 2.32. The highest BCUT2D eigenvalue weighted by molar-refractivity contribution is 7.09. The van der Waals surface area contributed by atoms with E-state index in [0.29, 0.717) is 0 Å². The van der Waals surface area contributed by atoms with Gasteiger partial charge in [0.1, 0.15) is 0 Å². The van der Waals surface area contributed by atoms with Crippen LogP contribution < -0.4 is 0 Å². The molecule has 0 aliphatic carbocycles. The largest absolute Gasteiger partial charge is 0.387 e. The van der Waals surface area contributed by atoms with Gasteiger partial charge in [0.25, 0.3) is 0 Å². The number of hydrogen-bond acceptors (Lipinski definition) is 3. The molecule has 0 amide bonds. The maximum atomic E-state index is 9.79. The maximum absolute atomic E-state index is 9.79. The summed E-state index contributed by atoms with van der Waals surface area (Å²) in [6.45, 7) is 6.38. The third-order valence-electron chi connectivity index (χ3n) is 2.24. The summed E-state index contributed by atoms with van der Waals surface area (Å²) in [6, 6.07) is 0. The Hall–Kier alpha value is -0.410. The van der Waals surface area contributed by atoms with E-state index in [1.165, 1.54) is 6.42 Å². The molecule has 1 N–H and O–H groups in total. The minimum Gasteiger partial charge on any atom is -0.387 e. The van der Waals surface area contributed by atoms with Crippen molar-refractivity contribution in [1.29, 1.82) is 0 Å². The van der Waals surface area contributed by atoms with Crippen molar-refractivity contribution >= 4 is 11.3 Å². The second-order valence-electron chi connectivity index (χ2n) is 4.13. The molecule has 0 aromatic carbocycles. The van der Waals surface area contributed by atoms with Crippen molar-refractivity contribution < 1.29 is 5.11 Å². The summed E-state index contributed by atoms with van der Waals surface area (Å²) in [5.41, 5.74) is 0.844. The molecule has 0 aliphatic rings. The average Bonchev–Trinajstić information content (AvgIpc) is 2.51. The van der Waals surface area contributed by atoms with E-state index in [4.69, 9.17) is 0 Å². The van der Waals surface area contributed by atoms with E-state index in [-0.39, 0.29) is 6.10 Å². The minimum absolute atomic E-state index is 0.362. The van der Waals surface area contributed by atoms with Gasteiger partial charge in [-0.05, 0) is 19.3 Å². The van der Waals surface area contributed by atoms with Crippen LogP contribution in [0.3, 0.4) is 0 Å². The third-order valence-corrected chi connectivity index (χ3v) is 3.03. The van der Waals surface area contributed by atoms with Gasteiger partial charge >= 0.3 is 0 Å². The average molecular weight is 213 g/mol. The molecule has 1 atom stereocenters. The van der Waals surface area contributed by atoms with Crippen molar-refractivity contribution in [2.24, 2.45) is 5.92 Å². The van der Waals surface area contributed by atoms with Crippen molar-refractivity contribution in [1.82, 2.24) is 4.98 Å². The lowest BCUT2D eigenvalue weighted by molar-refractivity contribution is 0.158. The first kappa shape index (κ1) is 11.7. The van der Waals surface area contributed by atoms with Gasteiger partial charge in [-0.25, -0.2) is 4.98 Å². The number of hydrogen-bond donors (Lipinski definition) is 1. The number of aryl methyl sites for hydroxylation is 1. The summed E-state index contributed by atoms with van der Waals surface area (Å²) in [5.74, 6) is 0.722. The molecular weight excluding hydrogens is 194 g/mol. The van der Waals surface area contributed by atoms with Gasteiger partial charge in [-0.3, -0.25) is 0 Å². The standard InChI is InChI=1S/C11H19NOS/c1-8(2)5-4-6-11(13)10-7-14-9(3)12-10/h7-8,11,13H,4-6H2,1-3H3. The first-order valence-corrected chi connectivity index (χ1v) is 6.07. The highest BCUT2D eigenvalue weighted by atomic mass is 32.1. The summed E-state index contributed by atoms with van der Waals surface area (Å²) in [6.07, 6.45) is 2.73. The van der Waals surface area contributed by atoms with Crippen LogP contribution in [0.25, 0.3) is 0 Å². The van der Waals surface area contributed by atoms with E-state index in [9.17, 15) is 5.11 Å². The minimum atomic E-state index is -0.362. The van der Waals surface area contributed by atoms with Crippen LogP contribution in [-0.2, 0) is 0 Å². The normalized spacial score (nSPS) is 13.5. The lowest BCUT2D eigenvalue weighted by atomic mass is 10.0. The highest BCUT2D eigenvalue weighted by Crippen LogP contribution is 2.21. The Morgan fingerprint density at radius 2 is 2.14 bits per heavy atom. The van der Waals surface area contributed by atoms with Crippen molar-refractivity contribution in [2.45, 2.75) is 46.1 Å². The molecule has 0 saturated heterocycles. The topological polar surface area (TPSA) is 33.1 Å². The molecule has 3 heteroatoms. The summed E-state index contributed by atoms with van der Waals surface area (Å²) >= 11 is 1.60. The summed E-state index contributed by atoms with van der Waals surface area (Å²) < 4.78 is 0. The molecular formula is C11H19NOS. The van der Waals surface area contributed by atoms with Crippen LogP contribution in [-0.4, -0.2) is 10.1 Å². The van der Waals surface area contributed by atoms with E-state index in [0.717, 1.165) is 29.5 Å². The lowest BCUT2D eigenvalue weighted by Crippen LogP contribution is -1.99. The summed E-state index contributed by atoms with van der Waals surface area (Å²) in [7, 11) is 0. The van der Waals surface area contributed by atoms with Crippen molar-refractivity contribution in [3.63, 3.8) is 0 Å². The fraction of sp³-hybridized carbons (Fsp3) is 0.727. The molecule has 80 valence electrons. The molecule has 0 saturated carbocycles. The number of aliphatic hydroxyl groups is 1. The number of rotatable bonds is 5. The highest BCUT2D eigenvalue weighted by Gasteiger charge is 2.10. The first-order valence-electron chi connectivity index (χ1n) is 5.19. The Morgan fingerprint density at radius 3 is 2.64 bits per heavy atom. The van der Waals surface area contributed by atoms with Crippen LogP contribution in [0.1, 0.15) is 49.9 Å². The molecule has 1 rings (SSSR count). The van der Waals surface area contributed by atoms with Crippen molar-refractivity contribution in [3.05, 3.63) is 16.1 Å². The van der Waals surface area contributed by atoms with E-state index in [1.54, 1.807) is 11.3 Å². The van der Waals surface area contributed by atoms with Crippen LogP contribution in [0.4, 0.5) is 0 Å². The maximum Gasteiger partial charge on any atom is 0.0968 e. The van der Waals surface area contributed by atoms with Gasteiger partial charge in [0.2, 0.25) is 0 Å². The van der Waals surface area contributed by atoms with Crippen LogP contribution in [0.15, 0.2) is 5.38 Å². The Kier molecular flexibility index (Phi) is 4.55. The van der Waals surface area contributed by atoms with E-state index in [1.807, 2.05) is 12.3 Å². The van der Waals surface area contributed by atoms with Gasteiger partial charge in [-0.15, -0.1) is 11.3 Å². The molecule has 0 radical (unpaired) electrons. The van der Waals surface area contributed by atoms with Gasteiger partial charge < -0.3 is 5.11 Å².